The van der Waals surface area contributed by atoms with Crippen LogP contribution in [0.5, 0.6) is 0 Å². The molecule has 2 saturated heterocycles. The Morgan fingerprint density at radius 3 is 1.58 bits per heavy atom. The first-order valence-corrected chi connectivity index (χ1v) is 12.9. The van der Waals surface area contributed by atoms with E-state index in [1.165, 1.54) is 51.4 Å². The highest BCUT2D eigenvalue weighted by molar-refractivity contribution is 8.89. The van der Waals surface area contributed by atoms with Crippen LogP contribution in [0.2, 0.25) is 0 Å². The summed E-state index contributed by atoms with van der Waals surface area (Å²) in [5.41, 5.74) is 0. The van der Waals surface area contributed by atoms with Gasteiger partial charge in [0, 0.05) is 13.1 Å². The van der Waals surface area contributed by atoms with Gasteiger partial charge in [0.05, 0.1) is 37.5 Å². The average Bonchev–Trinajstić information content (AvgIpc) is 2.71. The zero-order valence-corrected chi connectivity index (χ0v) is 18.4. The van der Waals surface area contributed by atoms with Crippen LogP contribution in [0.25, 0.3) is 0 Å². The molecule has 4 fully saturated rings. The zero-order chi connectivity index (χ0) is 17.9. The highest BCUT2D eigenvalue weighted by atomic mass is 33.1. The van der Waals surface area contributed by atoms with E-state index in [9.17, 15) is 0 Å². The molecule has 2 aliphatic heterocycles. The van der Waals surface area contributed by atoms with Gasteiger partial charge in [0.2, 0.25) is 0 Å². The van der Waals surface area contributed by atoms with Crippen LogP contribution in [0.15, 0.2) is 0 Å². The number of hydrogen-bond acceptors (Lipinski definition) is 6. The highest BCUT2D eigenvalue weighted by Crippen LogP contribution is 2.37. The van der Waals surface area contributed by atoms with Crippen LogP contribution in [0, 0.1) is 0 Å². The molecule has 2 heterocycles. The molecule has 8 heteroatoms. The third-order valence-electron chi connectivity index (χ3n) is 6.12. The normalized spacial score (nSPS) is 34.8. The van der Waals surface area contributed by atoms with Gasteiger partial charge in [0.15, 0.2) is 0 Å². The molecule has 0 N–H and O–H groups in total. The van der Waals surface area contributed by atoms with Crippen LogP contribution >= 0.6 is 46.0 Å². The number of hydrogen-bond donors (Lipinski definition) is 0. The maximum Gasteiger partial charge on any atom is 0.147 e. The van der Waals surface area contributed by atoms with E-state index in [-0.39, 0.29) is 0 Å². The van der Waals surface area contributed by atoms with Crippen molar-refractivity contribution >= 4 is 54.7 Å². The Labute approximate surface area is 175 Å². The molecule has 2 aliphatic carbocycles. The average molecular weight is 433 g/mol. The Bertz CT molecular complexity index is 485. The fourth-order valence-corrected chi connectivity index (χ4v) is 7.67. The second-order valence-electron chi connectivity index (χ2n) is 7.61. The lowest BCUT2D eigenvalue weighted by atomic mass is 9.90. The molecule has 0 aromatic carbocycles. The van der Waals surface area contributed by atoms with Crippen molar-refractivity contribution in [3.63, 3.8) is 0 Å². The second kappa shape index (κ2) is 9.27. The Morgan fingerprint density at radius 1 is 0.692 bits per heavy atom. The van der Waals surface area contributed by atoms with E-state index in [2.05, 4.69) is 9.80 Å². The summed E-state index contributed by atoms with van der Waals surface area (Å²) < 4.78 is 13.9. The Balaban J connectivity index is 1.31. The first-order valence-electron chi connectivity index (χ1n) is 9.93. The molecular weight excluding hydrogens is 404 g/mol. The Morgan fingerprint density at radius 2 is 1.12 bits per heavy atom. The van der Waals surface area contributed by atoms with E-state index < -0.39 is 0 Å². The minimum Gasteiger partial charge on any atom is -0.374 e. The monoisotopic (exact) mass is 432 g/mol. The zero-order valence-electron chi connectivity index (χ0n) is 15.1. The molecule has 0 spiro atoms. The molecule has 0 aromatic heterocycles. The first kappa shape index (κ1) is 19.7. The predicted octanol–water partition coefficient (Wildman–Crippen LogP) is 4.22. The maximum absolute atomic E-state index is 5.98. The number of thiocarbonyl (C=S) groups is 2. The number of rotatable bonds is 0. The summed E-state index contributed by atoms with van der Waals surface area (Å²) >= 11 is 11.6. The van der Waals surface area contributed by atoms with Crippen molar-refractivity contribution < 1.29 is 9.47 Å². The lowest BCUT2D eigenvalue weighted by Crippen LogP contribution is -2.54. The van der Waals surface area contributed by atoms with E-state index in [0.717, 1.165) is 34.9 Å². The van der Waals surface area contributed by atoms with Crippen LogP contribution in [-0.4, -0.2) is 69.0 Å². The molecule has 26 heavy (non-hydrogen) atoms. The van der Waals surface area contributed by atoms with Gasteiger partial charge in [0.1, 0.15) is 8.64 Å². The van der Waals surface area contributed by atoms with Gasteiger partial charge in [-0.2, -0.15) is 0 Å². The standard InChI is InChI=1S/C18H28N2O2S4/c23-17(19-9-11-21-15-7-3-1-5-13(15)19)25-26-18(24)20-10-12-22-16-8-4-2-6-14(16)20/h13-16H,1-12H2/t13-,14-,15-,16-/m0/s1. The summed E-state index contributed by atoms with van der Waals surface area (Å²) in [6.45, 7) is 3.43. The molecule has 4 aliphatic rings. The van der Waals surface area contributed by atoms with Gasteiger partial charge in [-0.3, -0.25) is 0 Å². The summed E-state index contributed by atoms with van der Waals surface area (Å²) in [6, 6.07) is 0.940. The van der Waals surface area contributed by atoms with E-state index in [0.29, 0.717) is 24.3 Å². The van der Waals surface area contributed by atoms with E-state index in [1.807, 2.05) is 0 Å². The molecule has 4 rings (SSSR count). The predicted molar refractivity (Wildman–Crippen MR) is 118 cm³/mol. The molecular formula is C18H28N2O2S4. The van der Waals surface area contributed by atoms with Crippen molar-refractivity contribution in [2.24, 2.45) is 0 Å². The van der Waals surface area contributed by atoms with Crippen molar-refractivity contribution in [1.29, 1.82) is 0 Å². The molecule has 2 saturated carbocycles. The van der Waals surface area contributed by atoms with Gasteiger partial charge in [-0.05, 0) is 47.3 Å². The lowest BCUT2D eigenvalue weighted by molar-refractivity contribution is -0.0619. The van der Waals surface area contributed by atoms with Crippen molar-refractivity contribution in [2.75, 3.05) is 26.3 Å². The van der Waals surface area contributed by atoms with Gasteiger partial charge < -0.3 is 19.3 Å². The Kier molecular flexibility index (Phi) is 7.02. The first-order chi connectivity index (χ1) is 12.7. The van der Waals surface area contributed by atoms with Crippen LogP contribution in [0.1, 0.15) is 51.4 Å². The number of fused-ring (bicyclic) bond motifs is 2. The molecule has 4 nitrogen and oxygen atoms in total. The molecule has 4 atom stereocenters. The fraction of sp³-hybridized carbons (Fsp3) is 0.889. The largest absolute Gasteiger partial charge is 0.374 e. The van der Waals surface area contributed by atoms with Crippen LogP contribution in [0.3, 0.4) is 0 Å². The summed E-state index contributed by atoms with van der Waals surface area (Å²) in [7, 11) is 3.35. The summed E-state index contributed by atoms with van der Waals surface area (Å²) in [6.07, 6.45) is 10.6. The van der Waals surface area contributed by atoms with Crippen LogP contribution < -0.4 is 0 Å². The van der Waals surface area contributed by atoms with Gasteiger partial charge in [-0.15, -0.1) is 0 Å². The summed E-state index contributed by atoms with van der Waals surface area (Å²) in [5, 5.41) is 0. The van der Waals surface area contributed by atoms with Crippen molar-refractivity contribution in [3.8, 4) is 0 Å². The third kappa shape index (κ3) is 4.35. The van der Waals surface area contributed by atoms with Crippen molar-refractivity contribution in [2.45, 2.75) is 75.7 Å². The molecule has 0 bridgehead atoms. The highest BCUT2D eigenvalue weighted by Gasteiger charge is 2.37. The molecule has 0 amide bonds. The second-order valence-corrected chi connectivity index (χ2v) is 11.0. The number of morpholine rings is 2. The Hall–Kier alpha value is 0.400. The quantitative estimate of drug-likeness (QED) is 0.414. The molecule has 0 radical (unpaired) electrons. The van der Waals surface area contributed by atoms with E-state index >= 15 is 0 Å². The van der Waals surface area contributed by atoms with E-state index in [1.54, 1.807) is 21.6 Å². The van der Waals surface area contributed by atoms with Crippen molar-refractivity contribution in [1.82, 2.24) is 9.80 Å². The minimum absolute atomic E-state index is 0.371. The van der Waals surface area contributed by atoms with Crippen molar-refractivity contribution in [3.05, 3.63) is 0 Å². The molecule has 0 unspecified atom stereocenters. The third-order valence-corrected chi connectivity index (χ3v) is 9.75. The smallest absolute Gasteiger partial charge is 0.147 e. The number of ether oxygens (including phenoxy) is 2. The number of nitrogens with zero attached hydrogens (tertiary/aromatic N) is 2. The van der Waals surface area contributed by atoms with Crippen LogP contribution in [-0.2, 0) is 9.47 Å². The van der Waals surface area contributed by atoms with Gasteiger partial charge >= 0.3 is 0 Å². The molecule has 146 valence electrons. The SMILES string of the molecule is S=C(SSC(=S)N1CCO[C@H]2CCCC[C@@H]21)N1CCO[C@H]2CCCC[C@@H]21. The summed E-state index contributed by atoms with van der Waals surface area (Å²) in [4.78, 5) is 4.82. The van der Waals surface area contributed by atoms with Gasteiger partial charge in [0.25, 0.3) is 0 Å². The van der Waals surface area contributed by atoms with E-state index in [4.69, 9.17) is 33.9 Å². The fourth-order valence-electron chi connectivity index (χ4n) is 4.81. The van der Waals surface area contributed by atoms with Gasteiger partial charge in [-0.1, -0.05) is 50.1 Å². The molecule has 0 aromatic rings. The lowest BCUT2D eigenvalue weighted by Gasteiger charge is -2.45. The van der Waals surface area contributed by atoms with Gasteiger partial charge in [-0.25, -0.2) is 0 Å². The maximum atomic E-state index is 5.98. The summed E-state index contributed by atoms with van der Waals surface area (Å²) in [5.74, 6) is 0. The minimum atomic E-state index is 0.371. The van der Waals surface area contributed by atoms with Crippen LogP contribution in [0.4, 0.5) is 0 Å². The topological polar surface area (TPSA) is 24.9 Å².